The van der Waals surface area contributed by atoms with Gasteiger partial charge in [0.2, 0.25) is 0 Å². The van der Waals surface area contributed by atoms with E-state index in [1.165, 1.54) is 37.0 Å². The minimum atomic E-state index is -1.10. The molecule has 1 aromatic rings. The summed E-state index contributed by atoms with van der Waals surface area (Å²) >= 11 is 12.9. The van der Waals surface area contributed by atoms with Gasteiger partial charge < -0.3 is 5.32 Å². The topological polar surface area (TPSA) is 52.7 Å². The van der Waals surface area contributed by atoms with Crippen LogP contribution < -0.4 is 5.32 Å². The van der Waals surface area contributed by atoms with Crippen molar-refractivity contribution in [3.05, 3.63) is 33.8 Å². The number of hydrogen-bond acceptors (Lipinski definition) is 3. The molecule has 1 N–H and O–H groups in total. The Morgan fingerprint density at radius 1 is 0.879 bits per heavy atom. The quantitative estimate of drug-likeness (QED) is 0.464. The molecule has 3 aliphatic carbocycles. The third kappa shape index (κ3) is 4.30. The number of benzene rings is 1. The van der Waals surface area contributed by atoms with Gasteiger partial charge in [0, 0.05) is 27.7 Å². The normalized spacial score (nSPS) is 27.8. The first-order chi connectivity index (χ1) is 16.0. The van der Waals surface area contributed by atoms with E-state index < -0.39 is 5.54 Å². The third-order valence-electron chi connectivity index (χ3n) is 8.60. The fraction of sp³-hybridized carbons (Fsp3) is 0.692. The highest BCUT2D eigenvalue weighted by Gasteiger charge is 2.58. The van der Waals surface area contributed by atoms with Crippen molar-refractivity contribution >= 4 is 35.1 Å². The molecule has 1 saturated heterocycles. The highest BCUT2D eigenvalue weighted by molar-refractivity contribution is 6.35. The van der Waals surface area contributed by atoms with E-state index in [9.17, 15) is 9.59 Å². The molecule has 4 fully saturated rings. The number of carbonyl (C=O) groups excluding carboxylic acids is 2. The van der Waals surface area contributed by atoms with Gasteiger partial charge >= 0.3 is 6.03 Å². The van der Waals surface area contributed by atoms with Crippen LogP contribution in [0.1, 0.15) is 89.0 Å². The molecular weight excluding hydrogens is 457 g/mol. The van der Waals surface area contributed by atoms with Gasteiger partial charge in [0.15, 0.2) is 5.54 Å². The van der Waals surface area contributed by atoms with E-state index in [0.717, 1.165) is 51.4 Å². The van der Waals surface area contributed by atoms with Crippen LogP contribution in [0.4, 0.5) is 4.79 Å². The number of amides is 3. The lowest BCUT2D eigenvalue weighted by molar-refractivity contribution is -0.136. The largest absolute Gasteiger partial charge is 0.326 e. The van der Waals surface area contributed by atoms with Crippen molar-refractivity contribution < 1.29 is 9.59 Å². The molecular formula is C26H35Cl2N3O2. The van der Waals surface area contributed by atoms with Gasteiger partial charge in [-0.15, -0.1) is 0 Å². The number of imide groups is 1. The van der Waals surface area contributed by atoms with Crippen LogP contribution in [0.25, 0.3) is 0 Å². The van der Waals surface area contributed by atoms with E-state index in [0.29, 0.717) is 34.4 Å². The van der Waals surface area contributed by atoms with Gasteiger partial charge in [-0.2, -0.15) is 0 Å². The fourth-order valence-electron chi connectivity index (χ4n) is 6.91. The molecule has 33 heavy (non-hydrogen) atoms. The molecule has 1 unspecified atom stereocenters. The van der Waals surface area contributed by atoms with E-state index in [2.05, 4.69) is 10.2 Å². The SMILES string of the molecule is O=C1NC(c2ccc(Cl)cc2Cl)(C2CCCCC2)C(=O)N1CN(C1CCCC1)C1CCCC1. The van der Waals surface area contributed by atoms with E-state index in [4.69, 9.17) is 23.2 Å². The number of halogens is 2. The van der Waals surface area contributed by atoms with Crippen LogP contribution in [0.15, 0.2) is 18.2 Å². The van der Waals surface area contributed by atoms with Crippen molar-refractivity contribution in [1.82, 2.24) is 15.1 Å². The van der Waals surface area contributed by atoms with Crippen LogP contribution >= 0.6 is 23.2 Å². The van der Waals surface area contributed by atoms with Crippen molar-refractivity contribution in [2.45, 2.75) is 101 Å². The van der Waals surface area contributed by atoms with E-state index >= 15 is 0 Å². The molecule has 1 heterocycles. The highest BCUT2D eigenvalue weighted by atomic mass is 35.5. The van der Waals surface area contributed by atoms with Gasteiger partial charge in [0.25, 0.3) is 5.91 Å². The first-order valence-electron chi connectivity index (χ1n) is 12.9. The maximum atomic E-state index is 14.3. The average Bonchev–Trinajstić information content (AvgIpc) is 3.57. The molecule has 3 saturated carbocycles. The Morgan fingerprint density at radius 2 is 1.45 bits per heavy atom. The van der Waals surface area contributed by atoms with Crippen LogP contribution in [0, 0.1) is 5.92 Å². The summed E-state index contributed by atoms with van der Waals surface area (Å²) in [5.74, 6) is -0.0950. The van der Waals surface area contributed by atoms with Crippen LogP contribution in [-0.2, 0) is 10.3 Å². The van der Waals surface area contributed by atoms with Crippen molar-refractivity contribution in [3.8, 4) is 0 Å². The minimum Gasteiger partial charge on any atom is -0.319 e. The van der Waals surface area contributed by atoms with Gasteiger partial charge in [-0.1, -0.05) is 74.2 Å². The average molecular weight is 492 g/mol. The van der Waals surface area contributed by atoms with Crippen LogP contribution in [-0.4, -0.2) is 40.5 Å². The lowest BCUT2D eigenvalue weighted by Gasteiger charge is -2.39. The Hall–Kier alpha value is -1.30. The first-order valence-corrected chi connectivity index (χ1v) is 13.6. The molecule has 1 aliphatic heterocycles. The second-order valence-corrected chi connectivity index (χ2v) is 11.3. The molecule has 0 bridgehead atoms. The summed E-state index contributed by atoms with van der Waals surface area (Å²) in [5.41, 5.74) is -0.412. The Balaban J connectivity index is 1.49. The minimum absolute atomic E-state index is 0.0396. The zero-order valence-electron chi connectivity index (χ0n) is 19.3. The molecule has 0 radical (unpaired) electrons. The second-order valence-electron chi connectivity index (χ2n) is 10.5. The number of urea groups is 1. The first kappa shape index (κ1) is 23.4. The Morgan fingerprint density at radius 3 is 2.03 bits per heavy atom. The zero-order chi connectivity index (χ0) is 23.0. The lowest BCUT2D eigenvalue weighted by Crippen LogP contribution is -2.53. The monoisotopic (exact) mass is 491 g/mol. The van der Waals surface area contributed by atoms with Crippen molar-refractivity contribution in [1.29, 1.82) is 0 Å². The van der Waals surface area contributed by atoms with Crippen LogP contribution in [0.3, 0.4) is 0 Å². The summed E-state index contributed by atoms with van der Waals surface area (Å²) in [5, 5.41) is 4.17. The molecule has 180 valence electrons. The van der Waals surface area contributed by atoms with Gasteiger partial charge in [0.1, 0.15) is 0 Å². The Kier molecular flexibility index (Phi) is 6.93. The van der Waals surface area contributed by atoms with E-state index in [1.807, 2.05) is 6.07 Å². The predicted molar refractivity (Wildman–Crippen MR) is 131 cm³/mol. The summed E-state index contributed by atoms with van der Waals surface area (Å²) in [6.45, 7) is 0.389. The van der Waals surface area contributed by atoms with Crippen molar-refractivity contribution in [3.63, 3.8) is 0 Å². The maximum Gasteiger partial charge on any atom is 0.326 e. The number of nitrogens with zero attached hydrogens (tertiary/aromatic N) is 2. The van der Waals surface area contributed by atoms with E-state index in [-0.39, 0.29) is 17.9 Å². The highest BCUT2D eigenvalue weighted by Crippen LogP contribution is 2.46. The van der Waals surface area contributed by atoms with Gasteiger partial charge in [-0.25, -0.2) is 9.69 Å². The summed E-state index contributed by atoms with van der Waals surface area (Å²) < 4.78 is 0. The van der Waals surface area contributed by atoms with Gasteiger partial charge in [-0.3, -0.25) is 9.69 Å². The summed E-state index contributed by atoms with van der Waals surface area (Å²) in [4.78, 5) is 31.7. The molecule has 1 atom stereocenters. The van der Waals surface area contributed by atoms with Crippen LogP contribution in [0.5, 0.6) is 0 Å². The van der Waals surface area contributed by atoms with Gasteiger partial charge in [-0.05, 0) is 56.6 Å². The van der Waals surface area contributed by atoms with Crippen molar-refractivity contribution in [2.24, 2.45) is 5.92 Å². The molecule has 4 aliphatic rings. The van der Waals surface area contributed by atoms with Crippen LogP contribution in [0.2, 0.25) is 10.0 Å². The molecule has 3 amide bonds. The molecule has 1 aromatic carbocycles. The smallest absolute Gasteiger partial charge is 0.319 e. The Bertz CT molecular complexity index is 876. The fourth-order valence-corrected chi connectivity index (χ4v) is 7.47. The third-order valence-corrected chi connectivity index (χ3v) is 9.15. The summed E-state index contributed by atoms with van der Waals surface area (Å²) in [6, 6.07) is 5.97. The lowest BCUT2D eigenvalue weighted by atomic mass is 9.71. The number of hydrogen-bond donors (Lipinski definition) is 1. The number of nitrogens with one attached hydrogen (secondary N) is 1. The number of carbonyl (C=O) groups is 2. The molecule has 7 heteroatoms. The summed E-state index contributed by atoms with van der Waals surface area (Å²) in [6.07, 6.45) is 14.7. The van der Waals surface area contributed by atoms with Crippen molar-refractivity contribution in [2.75, 3.05) is 6.67 Å². The standard InChI is InChI=1S/C26H35Cl2N3O2/c27-19-14-15-22(23(28)16-19)26(18-8-2-1-3-9-18)24(32)31(25(33)29-26)17-30(20-10-4-5-11-20)21-12-6-7-13-21/h14-16,18,20-21H,1-13,17H2,(H,29,33). The van der Waals surface area contributed by atoms with E-state index in [1.54, 1.807) is 12.1 Å². The predicted octanol–water partition coefficient (Wildman–Crippen LogP) is 6.47. The molecule has 5 rings (SSSR count). The number of rotatable bonds is 6. The second kappa shape index (κ2) is 9.75. The molecule has 0 spiro atoms. The molecule has 0 aromatic heterocycles. The Labute approximate surface area is 207 Å². The summed E-state index contributed by atoms with van der Waals surface area (Å²) in [7, 11) is 0. The maximum absolute atomic E-state index is 14.3. The zero-order valence-corrected chi connectivity index (χ0v) is 20.8. The van der Waals surface area contributed by atoms with Gasteiger partial charge in [0.05, 0.1) is 6.67 Å². The molecule has 5 nitrogen and oxygen atoms in total.